The second kappa shape index (κ2) is 15.9. The Bertz CT molecular complexity index is 2960. The molecule has 0 aliphatic heterocycles. The molecule has 0 radical (unpaired) electrons. The number of anilines is 6. The largest absolute Gasteiger partial charge is 0.311 e. The molecule has 0 bridgehead atoms. The summed E-state index contributed by atoms with van der Waals surface area (Å²) >= 11 is 0. The minimum absolute atomic E-state index is 0.0521. The minimum Gasteiger partial charge on any atom is -0.311 e. The Hall–Kier alpha value is -7.42. The zero-order valence-corrected chi connectivity index (χ0v) is 35.0. The molecule has 62 heavy (non-hydrogen) atoms. The molecule has 0 spiro atoms. The van der Waals surface area contributed by atoms with E-state index >= 15 is 0 Å². The first-order valence-electron chi connectivity index (χ1n) is 22.0. The molecule has 8 aromatic carbocycles. The summed E-state index contributed by atoms with van der Waals surface area (Å²) in [6.07, 6.45) is 13.0. The van der Waals surface area contributed by atoms with Crippen LogP contribution < -0.4 is 9.80 Å². The lowest BCUT2D eigenvalue weighted by molar-refractivity contribution is 0.380. The predicted octanol–water partition coefficient (Wildman–Crippen LogP) is 16.6. The zero-order valence-electron chi connectivity index (χ0n) is 35.0. The first-order valence-corrected chi connectivity index (χ1v) is 22.0. The van der Waals surface area contributed by atoms with E-state index < -0.39 is 0 Å². The molecule has 3 aliphatic carbocycles. The van der Waals surface area contributed by atoms with Crippen LogP contribution in [0.25, 0.3) is 39.0 Å². The van der Waals surface area contributed by atoms with Crippen molar-refractivity contribution >= 4 is 39.7 Å². The summed E-state index contributed by atoms with van der Waals surface area (Å²) in [5.74, 6) is 0.518. The van der Waals surface area contributed by atoms with Gasteiger partial charge in [0.2, 0.25) is 0 Å². The van der Waals surface area contributed by atoms with Crippen molar-refractivity contribution in [3.05, 3.63) is 247 Å². The lowest BCUT2D eigenvalue weighted by Crippen LogP contribution is -2.30. The lowest BCUT2D eigenvalue weighted by atomic mass is 9.65. The molecule has 0 saturated heterocycles. The number of para-hydroxylation sites is 2. The van der Waals surface area contributed by atoms with Crippen molar-refractivity contribution in [3.8, 4) is 33.4 Å². The second-order valence-corrected chi connectivity index (χ2v) is 17.1. The van der Waals surface area contributed by atoms with Gasteiger partial charge in [-0.1, -0.05) is 165 Å². The van der Waals surface area contributed by atoms with Crippen LogP contribution in [0.3, 0.4) is 0 Å². The fourth-order valence-electron chi connectivity index (χ4n) is 10.3. The average Bonchev–Trinajstić information content (AvgIpc) is 3.43. The number of nitrogens with zero attached hydrogens (tertiary/aromatic N) is 2. The highest BCUT2D eigenvalue weighted by Gasteiger charge is 2.45. The smallest absolute Gasteiger partial charge is 0.0465 e. The van der Waals surface area contributed by atoms with Crippen LogP contribution in [0.4, 0.5) is 34.1 Å². The molecule has 2 nitrogen and oxygen atoms in total. The van der Waals surface area contributed by atoms with Gasteiger partial charge in [-0.15, -0.1) is 0 Å². The van der Waals surface area contributed by atoms with Gasteiger partial charge in [0.05, 0.1) is 0 Å². The van der Waals surface area contributed by atoms with E-state index in [1.807, 2.05) is 0 Å². The van der Waals surface area contributed by atoms with Crippen LogP contribution in [0.5, 0.6) is 0 Å². The third-order valence-corrected chi connectivity index (χ3v) is 13.4. The molecule has 1 saturated carbocycles. The van der Waals surface area contributed by atoms with E-state index in [0.717, 1.165) is 28.4 Å². The van der Waals surface area contributed by atoms with Gasteiger partial charge < -0.3 is 9.80 Å². The SMILES string of the molecule is CC12CCCC3C=CC=CC(=C31)c1ccc(N(c3ccccc3)c3ccc(-c4cccc(-c5ccc(N(c6ccccc6)c6ccc(-c7ccccc7)cc6)cc5)c4)cc3)cc12. The van der Waals surface area contributed by atoms with E-state index in [2.05, 4.69) is 247 Å². The molecular weight excluding hydrogens is 749 g/mol. The van der Waals surface area contributed by atoms with E-state index in [-0.39, 0.29) is 5.41 Å². The van der Waals surface area contributed by atoms with Crippen LogP contribution in [-0.2, 0) is 5.41 Å². The standard InChI is InChI=1S/C60H48N2/c1-60-40-14-20-47-17-11-12-25-57(59(47)60)56-39-38-55(42-58(56)60)62(51-23-9-4-10-24-51)54-36-30-46(31-37-54)49-19-13-18-48(41-49)45-28-34-53(35-29-45)61(50-21-7-3-8-22-50)52-32-26-44(27-33-52)43-15-5-2-6-16-43/h2-13,15-19,21-39,41-42,47H,14,20,40H2,1H3. The highest BCUT2D eigenvalue weighted by atomic mass is 15.1. The van der Waals surface area contributed by atoms with Crippen molar-refractivity contribution in [1.82, 2.24) is 0 Å². The molecule has 3 aliphatic rings. The molecule has 2 heteroatoms. The summed E-state index contributed by atoms with van der Waals surface area (Å²) in [4.78, 5) is 4.74. The average molecular weight is 797 g/mol. The maximum Gasteiger partial charge on any atom is 0.0465 e. The lowest BCUT2D eigenvalue weighted by Gasteiger charge is -2.38. The number of benzene rings is 8. The number of hydrogen-bond acceptors (Lipinski definition) is 2. The van der Waals surface area contributed by atoms with Crippen molar-refractivity contribution in [1.29, 1.82) is 0 Å². The zero-order chi connectivity index (χ0) is 41.5. The van der Waals surface area contributed by atoms with Crippen LogP contribution in [0.15, 0.2) is 236 Å². The first kappa shape index (κ1) is 37.6. The number of fused-ring (bicyclic) bond motifs is 3. The van der Waals surface area contributed by atoms with Crippen LogP contribution in [-0.4, -0.2) is 0 Å². The fourth-order valence-corrected chi connectivity index (χ4v) is 10.3. The number of hydrogen-bond donors (Lipinski definition) is 0. The van der Waals surface area contributed by atoms with Crippen LogP contribution in [0, 0.1) is 5.92 Å². The van der Waals surface area contributed by atoms with Crippen molar-refractivity contribution in [2.24, 2.45) is 5.92 Å². The van der Waals surface area contributed by atoms with E-state index in [0.29, 0.717) is 5.92 Å². The van der Waals surface area contributed by atoms with Gasteiger partial charge in [0.25, 0.3) is 0 Å². The van der Waals surface area contributed by atoms with E-state index in [1.165, 1.54) is 75.0 Å². The first-order chi connectivity index (χ1) is 30.6. The Kier molecular flexibility index (Phi) is 9.62. The van der Waals surface area contributed by atoms with Crippen molar-refractivity contribution in [3.63, 3.8) is 0 Å². The Morgan fingerprint density at radius 3 is 1.44 bits per heavy atom. The molecule has 8 aromatic rings. The van der Waals surface area contributed by atoms with Gasteiger partial charge in [-0.2, -0.15) is 0 Å². The number of rotatable bonds is 9. The summed E-state index contributed by atoms with van der Waals surface area (Å²) in [6, 6.07) is 75.0. The Morgan fingerprint density at radius 1 is 0.419 bits per heavy atom. The molecule has 298 valence electrons. The molecular formula is C60H48N2. The summed E-state index contributed by atoms with van der Waals surface area (Å²) < 4.78 is 0. The summed E-state index contributed by atoms with van der Waals surface area (Å²) in [7, 11) is 0. The highest BCUT2D eigenvalue weighted by Crippen LogP contribution is 2.57. The molecule has 2 atom stereocenters. The number of allylic oxidation sites excluding steroid dienone is 6. The molecule has 11 rings (SSSR count). The second-order valence-electron chi connectivity index (χ2n) is 17.1. The maximum atomic E-state index is 2.49. The van der Waals surface area contributed by atoms with E-state index in [4.69, 9.17) is 0 Å². The van der Waals surface area contributed by atoms with E-state index in [9.17, 15) is 0 Å². The Balaban J connectivity index is 0.882. The van der Waals surface area contributed by atoms with Crippen LogP contribution in [0.1, 0.15) is 37.3 Å². The molecule has 0 amide bonds. The summed E-state index contributed by atoms with van der Waals surface area (Å²) in [5, 5.41) is 0. The molecule has 1 fully saturated rings. The molecule has 2 unspecified atom stereocenters. The third kappa shape index (κ3) is 6.79. The molecule has 0 aromatic heterocycles. The molecule has 0 N–H and O–H groups in total. The monoisotopic (exact) mass is 796 g/mol. The van der Waals surface area contributed by atoms with Crippen LogP contribution >= 0.6 is 0 Å². The predicted molar refractivity (Wildman–Crippen MR) is 262 cm³/mol. The topological polar surface area (TPSA) is 6.48 Å². The molecule has 0 heterocycles. The van der Waals surface area contributed by atoms with Gasteiger partial charge >= 0.3 is 0 Å². The van der Waals surface area contributed by atoms with Gasteiger partial charge in [-0.3, -0.25) is 0 Å². The third-order valence-electron chi connectivity index (χ3n) is 13.4. The Labute approximate surface area is 366 Å². The van der Waals surface area contributed by atoms with E-state index in [1.54, 1.807) is 5.57 Å². The summed E-state index contributed by atoms with van der Waals surface area (Å²) in [5.41, 5.74) is 20.0. The van der Waals surface area contributed by atoms with Gasteiger partial charge in [0.1, 0.15) is 0 Å². The highest BCUT2D eigenvalue weighted by molar-refractivity contribution is 5.90. The van der Waals surface area contributed by atoms with Gasteiger partial charge in [-0.25, -0.2) is 0 Å². The Morgan fingerprint density at radius 2 is 0.871 bits per heavy atom. The maximum absolute atomic E-state index is 2.49. The quantitative estimate of drug-likeness (QED) is 0.144. The van der Waals surface area contributed by atoms with Crippen molar-refractivity contribution in [2.45, 2.75) is 31.6 Å². The van der Waals surface area contributed by atoms with Gasteiger partial charge in [0.15, 0.2) is 0 Å². The van der Waals surface area contributed by atoms with Crippen LogP contribution in [0.2, 0.25) is 0 Å². The fraction of sp³-hybridized carbons (Fsp3) is 0.100. The summed E-state index contributed by atoms with van der Waals surface area (Å²) in [6.45, 7) is 2.49. The minimum atomic E-state index is 0.0521. The normalized spacial score (nSPS) is 17.3. The van der Waals surface area contributed by atoms with Crippen molar-refractivity contribution < 1.29 is 0 Å². The van der Waals surface area contributed by atoms with Gasteiger partial charge in [0, 0.05) is 39.5 Å². The van der Waals surface area contributed by atoms with Crippen molar-refractivity contribution in [2.75, 3.05) is 9.80 Å². The van der Waals surface area contributed by atoms with Gasteiger partial charge in [-0.05, 0) is 153 Å².